The summed E-state index contributed by atoms with van der Waals surface area (Å²) in [5.74, 6) is 0. The average molecular weight is 286 g/mol. The maximum absolute atomic E-state index is 5.37. The lowest BCUT2D eigenvalue weighted by molar-refractivity contribution is 0.251. The summed E-state index contributed by atoms with van der Waals surface area (Å²) >= 11 is 5.15. The van der Waals surface area contributed by atoms with E-state index >= 15 is 0 Å². The molecule has 0 atom stereocenters. The summed E-state index contributed by atoms with van der Waals surface area (Å²) in [6.45, 7) is 2.35. The normalized spacial score (nSPS) is 15.6. The maximum atomic E-state index is 5.37. The second-order valence-corrected chi connectivity index (χ2v) is 5.10. The molecule has 0 unspecified atom stereocenters. The summed E-state index contributed by atoms with van der Waals surface area (Å²) < 4.78 is 15.8. The largest absolute Gasteiger partial charge is 0.360 e. The zero-order chi connectivity index (χ0) is 12.6. The second kappa shape index (κ2) is 7.61. The Kier molecular flexibility index (Phi) is 5.77. The lowest BCUT2D eigenvalue weighted by Crippen LogP contribution is -2.31. The standard InChI is InChI=1S/C11H15N2O3PS/c18-11(13-10-4-2-1-3-5-10)12-6-7-14-17-15-8-9-16-17/h1-5H,6-9H2,(H2,12,13,18). The Balaban J connectivity index is 1.57. The molecule has 1 aromatic rings. The first-order chi connectivity index (χ1) is 8.84. The molecule has 0 radical (unpaired) electrons. The molecule has 0 aromatic heterocycles. The van der Waals surface area contributed by atoms with Gasteiger partial charge in [0.2, 0.25) is 0 Å². The first-order valence-electron chi connectivity index (χ1n) is 5.63. The van der Waals surface area contributed by atoms with E-state index in [9.17, 15) is 0 Å². The van der Waals surface area contributed by atoms with Crippen molar-refractivity contribution in [2.75, 3.05) is 31.7 Å². The molecule has 7 heteroatoms. The summed E-state index contributed by atoms with van der Waals surface area (Å²) in [4.78, 5) is 0. The van der Waals surface area contributed by atoms with Crippen LogP contribution in [0.4, 0.5) is 5.69 Å². The van der Waals surface area contributed by atoms with Crippen LogP contribution in [0.15, 0.2) is 30.3 Å². The number of nitrogens with one attached hydrogen (secondary N) is 2. The van der Waals surface area contributed by atoms with E-state index in [2.05, 4.69) is 10.6 Å². The summed E-state index contributed by atoms with van der Waals surface area (Å²) in [5.41, 5.74) is 0.961. The van der Waals surface area contributed by atoms with E-state index in [0.29, 0.717) is 31.5 Å². The summed E-state index contributed by atoms with van der Waals surface area (Å²) in [6, 6.07) is 9.76. The molecule has 2 rings (SSSR count). The lowest BCUT2D eigenvalue weighted by atomic mass is 10.3. The quantitative estimate of drug-likeness (QED) is 0.492. The molecule has 0 bridgehead atoms. The first-order valence-corrected chi connectivity index (χ1v) is 7.14. The molecule has 1 aliphatic heterocycles. The van der Waals surface area contributed by atoms with Gasteiger partial charge in [0.05, 0.1) is 19.8 Å². The van der Waals surface area contributed by atoms with Gasteiger partial charge >= 0.3 is 8.60 Å². The van der Waals surface area contributed by atoms with Gasteiger partial charge in [-0.3, -0.25) is 0 Å². The fourth-order valence-electron chi connectivity index (χ4n) is 1.32. The number of hydrogen-bond donors (Lipinski definition) is 2. The Morgan fingerprint density at radius 3 is 2.72 bits per heavy atom. The Labute approximate surface area is 113 Å². The van der Waals surface area contributed by atoms with E-state index in [1.165, 1.54) is 0 Å². The minimum absolute atomic E-state index is 0.502. The van der Waals surface area contributed by atoms with Crippen LogP contribution in [0.3, 0.4) is 0 Å². The Morgan fingerprint density at radius 2 is 2.00 bits per heavy atom. The van der Waals surface area contributed by atoms with E-state index < -0.39 is 8.60 Å². The topological polar surface area (TPSA) is 51.8 Å². The number of thiocarbonyl (C=S) groups is 1. The Hall–Kier alpha value is -0.780. The SMILES string of the molecule is S=C(NCCOP1OCCO1)Nc1ccccc1. The third kappa shape index (κ3) is 4.84. The van der Waals surface area contributed by atoms with Crippen molar-refractivity contribution in [3.8, 4) is 0 Å². The van der Waals surface area contributed by atoms with Gasteiger partial charge in [-0.2, -0.15) is 0 Å². The maximum Gasteiger partial charge on any atom is 0.332 e. The van der Waals surface area contributed by atoms with Crippen LogP contribution in [0.5, 0.6) is 0 Å². The van der Waals surface area contributed by atoms with Crippen LogP contribution in [0.25, 0.3) is 0 Å². The van der Waals surface area contributed by atoms with Crippen LogP contribution >= 0.6 is 20.8 Å². The van der Waals surface area contributed by atoms with Crippen LogP contribution in [-0.2, 0) is 13.6 Å². The van der Waals surface area contributed by atoms with Crippen LogP contribution in [0.2, 0.25) is 0 Å². The monoisotopic (exact) mass is 286 g/mol. The summed E-state index contributed by atoms with van der Waals surface area (Å²) in [6.07, 6.45) is 0. The molecule has 0 saturated carbocycles. The number of para-hydroxylation sites is 1. The third-order valence-electron chi connectivity index (χ3n) is 2.09. The molecule has 98 valence electrons. The van der Waals surface area contributed by atoms with Gasteiger partial charge in [0.25, 0.3) is 0 Å². The zero-order valence-corrected chi connectivity index (χ0v) is 11.5. The van der Waals surface area contributed by atoms with Crippen LogP contribution in [0.1, 0.15) is 0 Å². The summed E-state index contributed by atoms with van der Waals surface area (Å²) in [5, 5.41) is 6.70. The van der Waals surface area contributed by atoms with Gasteiger partial charge in [0.15, 0.2) is 5.11 Å². The molecule has 1 heterocycles. The molecule has 0 amide bonds. The van der Waals surface area contributed by atoms with Crippen molar-refractivity contribution in [2.45, 2.75) is 0 Å². The highest BCUT2D eigenvalue weighted by molar-refractivity contribution is 7.80. The molecule has 1 saturated heterocycles. The molecule has 2 N–H and O–H groups in total. The molecule has 0 spiro atoms. The first kappa shape index (κ1) is 13.6. The summed E-state index contributed by atoms with van der Waals surface area (Å²) in [7, 11) is -1.13. The van der Waals surface area contributed by atoms with Gasteiger partial charge in [-0.25, -0.2) is 0 Å². The number of anilines is 1. The predicted molar refractivity (Wildman–Crippen MR) is 75.4 cm³/mol. The predicted octanol–water partition coefficient (Wildman–Crippen LogP) is 2.26. The van der Waals surface area contributed by atoms with E-state index in [1.807, 2.05) is 30.3 Å². The highest BCUT2D eigenvalue weighted by Crippen LogP contribution is 2.42. The molecular weight excluding hydrogens is 271 g/mol. The van der Waals surface area contributed by atoms with Crippen LogP contribution < -0.4 is 10.6 Å². The van der Waals surface area contributed by atoms with Crippen molar-refractivity contribution in [3.05, 3.63) is 30.3 Å². The molecule has 1 aliphatic rings. The highest BCUT2D eigenvalue weighted by Gasteiger charge is 2.18. The van der Waals surface area contributed by atoms with Gasteiger partial charge in [0.1, 0.15) is 0 Å². The van der Waals surface area contributed by atoms with E-state index in [0.717, 1.165) is 5.69 Å². The molecule has 1 fully saturated rings. The van der Waals surface area contributed by atoms with Crippen molar-refractivity contribution in [1.82, 2.24) is 5.32 Å². The van der Waals surface area contributed by atoms with Crippen molar-refractivity contribution in [1.29, 1.82) is 0 Å². The smallest absolute Gasteiger partial charge is 0.332 e. The van der Waals surface area contributed by atoms with Gasteiger partial charge in [-0.15, -0.1) is 0 Å². The number of benzene rings is 1. The fourth-order valence-corrected chi connectivity index (χ4v) is 2.45. The molecule has 0 aliphatic carbocycles. The number of hydrogen-bond acceptors (Lipinski definition) is 4. The number of rotatable bonds is 5. The zero-order valence-electron chi connectivity index (χ0n) is 9.80. The van der Waals surface area contributed by atoms with E-state index in [1.54, 1.807) is 0 Å². The van der Waals surface area contributed by atoms with Gasteiger partial charge in [-0.05, 0) is 24.4 Å². The van der Waals surface area contributed by atoms with Crippen molar-refractivity contribution in [3.63, 3.8) is 0 Å². The van der Waals surface area contributed by atoms with Crippen molar-refractivity contribution < 1.29 is 13.6 Å². The van der Waals surface area contributed by atoms with Gasteiger partial charge in [0, 0.05) is 12.2 Å². The van der Waals surface area contributed by atoms with Crippen molar-refractivity contribution in [2.24, 2.45) is 0 Å². The second-order valence-electron chi connectivity index (χ2n) is 3.47. The van der Waals surface area contributed by atoms with E-state index in [-0.39, 0.29) is 0 Å². The Morgan fingerprint density at radius 1 is 1.28 bits per heavy atom. The molecule has 5 nitrogen and oxygen atoms in total. The Bertz CT molecular complexity index is 374. The molecular formula is C11H15N2O3PS. The van der Waals surface area contributed by atoms with Crippen molar-refractivity contribution >= 4 is 31.6 Å². The van der Waals surface area contributed by atoms with Gasteiger partial charge < -0.3 is 24.2 Å². The molecule has 1 aromatic carbocycles. The van der Waals surface area contributed by atoms with Crippen LogP contribution in [-0.4, -0.2) is 31.5 Å². The fraction of sp³-hybridized carbons (Fsp3) is 0.364. The highest BCUT2D eigenvalue weighted by atomic mass is 32.1. The van der Waals surface area contributed by atoms with Gasteiger partial charge in [-0.1, -0.05) is 18.2 Å². The molecule has 18 heavy (non-hydrogen) atoms. The third-order valence-corrected chi connectivity index (χ3v) is 3.52. The van der Waals surface area contributed by atoms with E-state index in [4.69, 9.17) is 25.8 Å². The lowest BCUT2D eigenvalue weighted by Gasteiger charge is -2.11. The minimum atomic E-state index is -1.13. The average Bonchev–Trinajstić information content (AvgIpc) is 2.89. The van der Waals surface area contributed by atoms with Crippen LogP contribution in [0, 0.1) is 0 Å². The minimum Gasteiger partial charge on any atom is -0.360 e.